The molecule has 7 heteroatoms. The molecule has 0 aliphatic carbocycles. The molecule has 18 heavy (non-hydrogen) atoms. The quantitative estimate of drug-likeness (QED) is 0.455. The Balaban J connectivity index is 2.65. The molecule has 0 amide bonds. The summed E-state index contributed by atoms with van der Waals surface area (Å²) in [5.41, 5.74) is 0.935. The largest absolute Gasteiger partial charge is 0.382 e. The number of hydrogen-bond donors (Lipinski definition) is 1. The molecule has 1 rings (SSSR count). The maximum absolute atomic E-state index is 10.6. The predicted molar refractivity (Wildman–Crippen MR) is 77.0 cm³/mol. The van der Waals surface area contributed by atoms with E-state index in [0.29, 0.717) is 13.2 Å². The number of nitro benzene ring substituents is 1. The van der Waals surface area contributed by atoms with Crippen LogP contribution in [0.5, 0.6) is 0 Å². The van der Waals surface area contributed by atoms with E-state index in [1.807, 2.05) is 0 Å². The molecule has 0 saturated heterocycles. The van der Waals surface area contributed by atoms with Gasteiger partial charge in [0.25, 0.3) is 5.69 Å². The molecule has 0 saturated carbocycles. The van der Waals surface area contributed by atoms with Crippen molar-refractivity contribution in [3.05, 3.63) is 31.9 Å². The lowest BCUT2D eigenvalue weighted by molar-refractivity contribution is -0.384. The topological polar surface area (TPSA) is 73.6 Å². The van der Waals surface area contributed by atoms with Crippen molar-refractivity contribution in [2.75, 3.05) is 32.7 Å². The Morgan fingerprint density at radius 2 is 2.22 bits per heavy atom. The monoisotopic (exact) mass is 366 g/mol. The van der Waals surface area contributed by atoms with Crippen LogP contribution in [0.2, 0.25) is 0 Å². The summed E-state index contributed by atoms with van der Waals surface area (Å²) in [4.78, 5) is 10.2. The smallest absolute Gasteiger partial charge is 0.270 e. The molecule has 1 atom stereocenters. The summed E-state index contributed by atoms with van der Waals surface area (Å²) in [5.74, 6) is 0. The van der Waals surface area contributed by atoms with Gasteiger partial charge in [-0.05, 0) is 28.7 Å². The highest BCUT2D eigenvalue weighted by molar-refractivity contribution is 14.1. The Kier molecular flexibility index (Phi) is 6.30. The second-order valence-electron chi connectivity index (χ2n) is 3.62. The first-order valence-corrected chi connectivity index (χ1v) is 6.36. The highest BCUT2D eigenvalue weighted by Crippen LogP contribution is 2.23. The molecular formula is C11H15IN2O4. The van der Waals surface area contributed by atoms with Gasteiger partial charge in [0.15, 0.2) is 0 Å². The van der Waals surface area contributed by atoms with Crippen LogP contribution < -0.4 is 5.32 Å². The Hall–Kier alpha value is -0.930. The number of rotatable bonds is 7. The van der Waals surface area contributed by atoms with Gasteiger partial charge in [0.1, 0.15) is 0 Å². The van der Waals surface area contributed by atoms with Gasteiger partial charge >= 0.3 is 0 Å². The minimum atomic E-state index is -0.408. The molecule has 0 aliphatic rings. The van der Waals surface area contributed by atoms with E-state index in [-0.39, 0.29) is 11.8 Å². The lowest BCUT2D eigenvalue weighted by atomic mass is 10.2. The lowest BCUT2D eigenvalue weighted by Gasteiger charge is -2.16. The molecule has 0 bridgehead atoms. The Labute approximate surface area is 119 Å². The van der Waals surface area contributed by atoms with Gasteiger partial charge in [-0.3, -0.25) is 10.1 Å². The molecule has 0 heterocycles. The number of anilines is 1. The molecule has 1 N–H and O–H groups in total. The third-order valence-electron chi connectivity index (χ3n) is 2.37. The zero-order chi connectivity index (χ0) is 13.5. The van der Waals surface area contributed by atoms with Crippen molar-refractivity contribution >= 4 is 34.0 Å². The number of nitro groups is 1. The lowest BCUT2D eigenvalue weighted by Crippen LogP contribution is -2.26. The number of nitrogens with one attached hydrogen (secondary N) is 1. The van der Waals surface area contributed by atoms with E-state index >= 15 is 0 Å². The molecule has 0 aromatic heterocycles. The third kappa shape index (κ3) is 4.39. The summed E-state index contributed by atoms with van der Waals surface area (Å²) >= 11 is 2.06. The fourth-order valence-electron chi connectivity index (χ4n) is 1.38. The Morgan fingerprint density at radius 3 is 2.72 bits per heavy atom. The molecule has 0 spiro atoms. The number of benzene rings is 1. The molecule has 0 fully saturated rings. The second-order valence-corrected chi connectivity index (χ2v) is 4.78. The van der Waals surface area contributed by atoms with E-state index < -0.39 is 4.92 Å². The number of non-ortho nitro benzene ring substituents is 1. The summed E-state index contributed by atoms with van der Waals surface area (Å²) in [6.07, 6.45) is -0.0546. The van der Waals surface area contributed by atoms with Crippen LogP contribution in [0.3, 0.4) is 0 Å². The SMILES string of the molecule is COCC(CNc1ccc([N+](=O)[O-])cc1I)OC. The van der Waals surface area contributed by atoms with Crippen LogP contribution >= 0.6 is 22.6 Å². The van der Waals surface area contributed by atoms with Crippen LogP contribution in [0.4, 0.5) is 11.4 Å². The van der Waals surface area contributed by atoms with Crippen LogP contribution in [-0.4, -0.2) is 38.4 Å². The van der Waals surface area contributed by atoms with Crippen LogP contribution in [0, 0.1) is 13.7 Å². The summed E-state index contributed by atoms with van der Waals surface area (Å²) in [6, 6.07) is 4.70. The molecule has 0 radical (unpaired) electrons. The minimum Gasteiger partial charge on any atom is -0.382 e. The van der Waals surface area contributed by atoms with E-state index in [9.17, 15) is 10.1 Å². The maximum Gasteiger partial charge on any atom is 0.270 e. The van der Waals surface area contributed by atoms with Gasteiger partial charge in [-0.25, -0.2) is 0 Å². The second kappa shape index (κ2) is 7.49. The molecule has 6 nitrogen and oxygen atoms in total. The van der Waals surface area contributed by atoms with Crippen molar-refractivity contribution in [2.45, 2.75) is 6.10 Å². The van der Waals surface area contributed by atoms with Crippen molar-refractivity contribution in [3.8, 4) is 0 Å². The molecule has 1 aromatic carbocycles. The van der Waals surface area contributed by atoms with E-state index in [4.69, 9.17) is 9.47 Å². The minimum absolute atomic E-state index is 0.0546. The molecule has 100 valence electrons. The van der Waals surface area contributed by atoms with Gasteiger partial charge in [-0.1, -0.05) is 0 Å². The average Bonchev–Trinajstić information content (AvgIpc) is 2.35. The zero-order valence-electron chi connectivity index (χ0n) is 10.2. The van der Waals surface area contributed by atoms with Crippen molar-refractivity contribution in [1.82, 2.24) is 0 Å². The highest BCUT2D eigenvalue weighted by atomic mass is 127. The van der Waals surface area contributed by atoms with Crippen LogP contribution in [-0.2, 0) is 9.47 Å². The molecular weight excluding hydrogens is 351 g/mol. The first-order chi connectivity index (χ1) is 8.58. The normalized spacial score (nSPS) is 12.2. The zero-order valence-corrected chi connectivity index (χ0v) is 12.3. The standard InChI is InChI=1S/C11H15IN2O4/c1-17-7-9(18-2)6-13-11-4-3-8(14(15)16)5-10(11)12/h3-5,9,13H,6-7H2,1-2H3. The first kappa shape index (κ1) is 15.1. The Morgan fingerprint density at radius 1 is 1.50 bits per heavy atom. The van der Waals surface area contributed by atoms with Crippen molar-refractivity contribution in [3.63, 3.8) is 0 Å². The van der Waals surface area contributed by atoms with Gasteiger partial charge in [0.2, 0.25) is 0 Å². The predicted octanol–water partition coefficient (Wildman–Crippen LogP) is 2.27. The van der Waals surface area contributed by atoms with E-state index in [0.717, 1.165) is 9.26 Å². The molecule has 0 aliphatic heterocycles. The molecule has 1 unspecified atom stereocenters. The summed E-state index contributed by atoms with van der Waals surface area (Å²) in [7, 11) is 3.23. The maximum atomic E-state index is 10.6. The van der Waals surface area contributed by atoms with Gasteiger partial charge in [-0.15, -0.1) is 0 Å². The first-order valence-electron chi connectivity index (χ1n) is 5.28. The van der Waals surface area contributed by atoms with Gasteiger partial charge in [0.05, 0.1) is 17.6 Å². The Bertz CT molecular complexity index is 414. The number of ether oxygens (including phenoxy) is 2. The summed E-state index contributed by atoms with van der Waals surface area (Å²) in [5, 5.41) is 13.8. The van der Waals surface area contributed by atoms with Crippen LogP contribution in [0.25, 0.3) is 0 Å². The number of hydrogen-bond acceptors (Lipinski definition) is 5. The van der Waals surface area contributed by atoms with Gasteiger partial charge in [0, 0.05) is 42.2 Å². The van der Waals surface area contributed by atoms with Crippen LogP contribution in [0.1, 0.15) is 0 Å². The number of nitrogens with zero attached hydrogens (tertiary/aromatic N) is 1. The molecule has 1 aromatic rings. The van der Waals surface area contributed by atoms with Crippen molar-refractivity contribution in [1.29, 1.82) is 0 Å². The van der Waals surface area contributed by atoms with Crippen molar-refractivity contribution < 1.29 is 14.4 Å². The van der Waals surface area contributed by atoms with E-state index in [1.165, 1.54) is 12.1 Å². The fraction of sp³-hybridized carbons (Fsp3) is 0.455. The number of halogens is 1. The van der Waals surface area contributed by atoms with Gasteiger partial charge in [-0.2, -0.15) is 0 Å². The summed E-state index contributed by atoms with van der Waals surface area (Å²) < 4.78 is 11.0. The van der Waals surface area contributed by atoms with Crippen molar-refractivity contribution in [2.24, 2.45) is 0 Å². The van der Waals surface area contributed by atoms with E-state index in [2.05, 4.69) is 27.9 Å². The highest BCUT2D eigenvalue weighted by Gasteiger charge is 2.11. The number of methoxy groups -OCH3 is 2. The third-order valence-corrected chi connectivity index (χ3v) is 3.26. The van der Waals surface area contributed by atoms with Crippen LogP contribution in [0.15, 0.2) is 18.2 Å². The summed E-state index contributed by atoms with van der Waals surface area (Å²) in [6.45, 7) is 1.07. The average molecular weight is 366 g/mol. The fourth-order valence-corrected chi connectivity index (χ4v) is 2.07. The van der Waals surface area contributed by atoms with E-state index in [1.54, 1.807) is 20.3 Å². The van der Waals surface area contributed by atoms with Gasteiger partial charge < -0.3 is 14.8 Å².